The Morgan fingerprint density at radius 3 is 3.17 bits per heavy atom. The number of hydrogen-bond acceptors (Lipinski definition) is 4. The minimum Gasteiger partial charge on any atom is -0.476 e. The van der Waals surface area contributed by atoms with Gasteiger partial charge in [0.15, 0.2) is 5.69 Å². The van der Waals surface area contributed by atoms with Crippen molar-refractivity contribution in [2.45, 2.75) is 13.5 Å². The van der Waals surface area contributed by atoms with E-state index in [1.165, 1.54) is 16.7 Å². The first-order valence-electron chi connectivity index (χ1n) is 3.36. The fourth-order valence-electron chi connectivity index (χ4n) is 0.651. The molecule has 0 saturated heterocycles. The van der Waals surface area contributed by atoms with E-state index in [4.69, 9.17) is 5.11 Å². The highest BCUT2D eigenvalue weighted by atomic mass is 32.1. The molecule has 1 heterocycles. The number of carbonyl (C=O) groups is 1. The Kier molecular flexibility index (Phi) is 2.93. The normalized spacial score (nSPS) is 10.8. The molecule has 5 heteroatoms. The molecule has 0 amide bonds. The molecule has 0 spiro atoms. The van der Waals surface area contributed by atoms with Crippen LogP contribution in [0.1, 0.15) is 22.4 Å². The molecule has 0 radical (unpaired) electrons. The molecule has 0 unspecified atom stereocenters. The van der Waals surface area contributed by atoms with Crippen LogP contribution < -0.4 is 0 Å². The average Bonchev–Trinajstić information content (AvgIpc) is 2.48. The van der Waals surface area contributed by atoms with E-state index < -0.39 is 5.97 Å². The summed E-state index contributed by atoms with van der Waals surface area (Å²) in [6.07, 6.45) is 1.67. The molecular formula is C7H8N2O2S. The number of aromatic nitrogens is 1. The van der Waals surface area contributed by atoms with E-state index in [0.29, 0.717) is 6.54 Å². The third-order valence-corrected chi connectivity index (χ3v) is 2.01. The summed E-state index contributed by atoms with van der Waals surface area (Å²) in [4.78, 5) is 18.2. The molecule has 64 valence electrons. The smallest absolute Gasteiger partial charge is 0.355 e. The molecule has 4 nitrogen and oxygen atoms in total. The van der Waals surface area contributed by atoms with E-state index in [2.05, 4.69) is 9.98 Å². The summed E-state index contributed by atoms with van der Waals surface area (Å²) in [5.41, 5.74) is 0.0984. The lowest BCUT2D eigenvalue weighted by atomic mass is 10.5. The summed E-state index contributed by atoms with van der Waals surface area (Å²) in [5, 5.41) is 10.8. The summed E-state index contributed by atoms with van der Waals surface area (Å²) in [6, 6.07) is 0. The van der Waals surface area contributed by atoms with Gasteiger partial charge >= 0.3 is 5.97 Å². The first-order valence-corrected chi connectivity index (χ1v) is 4.24. The van der Waals surface area contributed by atoms with Gasteiger partial charge in [0.25, 0.3) is 0 Å². The number of carboxylic acid groups (broad SMARTS) is 1. The van der Waals surface area contributed by atoms with Crippen LogP contribution in [0, 0.1) is 0 Å². The summed E-state index contributed by atoms with van der Waals surface area (Å²) in [6.45, 7) is 2.28. The zero-order chi connectivity index (χ0) is 8.97. The third-order valence-electron chi connectivity index (χ3n) is 1.18. The monoisotopic (exact) mass is 184 g/mol. The molecular weight excluding hydrogens is 176 g/mol. The van der Waals surface area contributed by atoms with Crippen molar-refractivity contribution in [2.75, 3.05) is 0 Å². The molecule has 1 aromatic heterocycles. The summed E-state index contributed by atoms with van der Waals surface area (Å²) < 4.78 is 0. The van der Waals surface area contributed by atoms with E-state index in [-0.39, 0.29) is 5.69 Å². The maximum Gasteiger partial charge on any atom is 0.355 e. The Morgan fingerprint density at radius 2 is 2.67 bits per heavy atom. The first kappa shape index (κ1) is 8.86. The molecule has 0 bridgehead atoms. The van der Waals surface area contributed by atoms with Crippen LogP contribution in [-0.2, 0) is 6.54 Å². The lowest BCUT2D eigenvalue weighted by molar-refractivity contribution is 0.0691. The molecule has 0 aromatic carbocycles. The van der Waals surface area contributed by atoms with Crippen LogP contribution >= 0.6 is 11.3 Å². The van der Waals surface area contributed by atoms with E-state index >= 15 is 0 Å². The zero-order valence-electron chi connectivity index (χ0n) is 6.52. The maximum absolute atomic E-state index is 10.4. The van der Waals surface area contributed by atoms with E-state index in [1.807, 2.05) is 6.92 Å². The summed E-state index contributed by atoms with van der Waals surface area (Å²) in [7, 11) is 0. The number of carboxylic acids is 1. The van der Waals surface area contributed by atoms with Gasteiger partial charge in [0, 0.05) is 5.38 Å². The number of rotatable bonds is 3. The van der Waals surface area contributed by atoms with Gasteiger partial charge in [-0.3, -0.25) is 4.99 Å². The predicted molar refractivity (Wildman–Crippen MR) is 46.9 cm³/mol. The highest BCUT2D eigenvalue weighted by Gasteiger charge is 2.06. The van der Waals surface area contributed by atoms with Crippen LogP contribution in [0.4, 0.5) is 0 Å². The van der Waals surface area contributed by atoms with E-state index in [0.717, 1.165) is 5.01 Å². The van der Waals surface area contributed by atoms with Crippen LogP contribution in [0.3, 0.4) is 0 Å². The van der Waals surface area contributed by atoms with Crippen LogP contribution in [0.25, 0.3) is 0 Å². The standard InChI is InChI=1S/C7H8N2O2S/c1-2-8-3-6-9-5(4-12-6)7(10)11/h2,4H,3H2,1H3,(H,10,11). The van der Waals surface area contributed by atoms with Crippen LogP contribution in [0.5, 0.6) is 0 Å². The van der Waals surface area contributed by atoms with Gasteiger partial charge in [-0.15, -0.1) is 11.3 Å². The molecule has 0 fully saturated rings. The fraction of sp³-hybridized carbons (Fsp3) is 0.286. The molecule has 1 N–H and O–H groups in total. The van der Waals surface area contributed by atoms with Gasteiger partial charge in [-0.1, -0.05) is 0 Å². The van der Waals surface area contributed by atoms with Gasteiger partial charge in [0.1, 0.15) is 5.01 Å². The van der Waals surface area contributed by atoms with Crippen molar-refractivity contribution in [1.82, 2.24) is 4.98 Å². The number of hydrogen-bond donors (Lipinski definition) is 1. The number of aromatic carboxylic acids is 1. The van der Waals surface area contributed by atoms with Crippen LogP contribution in [0.15, 0.2) is 10.4 Å². The third kappa shape index (κ3) is 2.13. The number of aliphatic imine (C=N–C) groups is 1. The summed E-state index contributed by atoms with van der Waals surface area (Å²) >= 11 is 1.31. The van der Waals surface area contributed by atoms with Gasteiger partial charge in [-0.05, 0) is 13.1 Å². The Hall–Kier alpha value is -1.23. The maximum atomic E-state index is 10.4. The minimum atomic E-state index is -0.988. The average molecular weight is 184 g/mol. The van der Waals surface area contributed by atoms with Crippen molar-refractivity contribution in [3.8, 4) is 0 Å². The van der Waals surface area contributed by atoms with Crippen molar-refractivity contribution in [2.24, 2.45) is 4.99 Å². The van der Waals surface area contributed by atoms with Crippen molar-refractivity contribution in [3.05, 3.63) is 16.1 Å². The van der Waals surface area contributed by atoms with Crippen LogP contribution in [-0.4, -0.2) is 22.3 Å². The van der Waals surface area contributed by atoms with Crippen LogP contribution in [0.2, 0.25) is 0 Å². The Bertz CT molecular complexity index is 306. The lowest BCUT2D eigenvalue weighted by Crippen LogP contribution is -1.96. The Balaban J connectivity index is 2.70. The van der Waals surface area contributed by atoms with E-state index in [9.17, 15) is 4.79 Å². The highest BCUT2D eigenvalue weighted by Crippen LogP contribution is 2.10. The molecule has 0 aliphatic heterocycles. The lowest BCUT2D eigenvalue weighted by Gasteiger charge is -1.85. The summed E-state index contributed by atoms with van der Waals surface area (Å²) in [5.74, 6) is -0.988. The van der Waals surface area contributed by atoms with E-state index in [1.54, 1.807) is 6.21 Å². The quantitative estimate of drug-likeness (QED) is 0.723. The SMILES string of the molecule is CC=NCc1nc(C(=O)O)cs1. The Morgan fingerprint density at radius 1 is 1.92 bits per heavy atom. The molecule has 0 aliphatic carbocycles. The largest absolute Gasteiger partial charge is 0.476 e. The second kappa shape index (κ2) is 3.96. The van der Waals surface area contributed by atoms with Gasteiger partial charge in [-0.2, -0.15) is 0 Å². The van der Waals surface area contributed by atoms with Gasteiger partial charge < -0.3 is 5.11 Å². The topological polar surface area (TPSA) is 62.5 Å². The van der Waals surface area contributed by atoms with Crippen molar-refractivity contribution in [3.63, 3.8) is 0 Å². The second-order valence-electron chi connectivity index (χ2n) is 2.03. The molecule has 0 saturated carbocycles. The van der Waals surface area contributed by atoms with Gasteiger partial charge in [-0.25, -0.2) is 9.78 Å². The first-order chi connectivity index (χ1) is 5.74. The van der Waals surface area contributed by atoms with Crippen molar-refractivity contribution in [1.29, 1.82) is 0 Å². The highest BCUT2D eigenvalue weighted by molar-refractivity contribution is 7.09. The molecule has 0 aliphatic rings. The number of thiazole rings is 1. The molecule has 1 aromatic rings. The van der Waals surface area contributed by atoms with Gasteiger partial charge in [0.2, 0.25) is 0 Å². The minimum absolute atomic E-state index is 0.0984. The van der Waals surface area contributed by atoms with Crippen molar-refractivity contribution < 1.29 is 9.90 Å². The second-order valence-corrected chi connectivity index (χ2v) is 2.97. The Labute approximate surface area is 73.6 Å². The predicted octanol–water partition coefficient (Wildman–Crippen LogP) is 1.43. The molecule has 1 rings (SSSR count). The zero-order valence-corrected chi connectivity index (χ0v) is 7.34. The fourth-order valence-corrected chi connectivity index (χ4v) is 1.35. The number of nitrogens with zero attached hydrogens (tertiary/aromatic N) is 2. The van der Waals surface area contributed by atoms with Crippen molar-refractivity contribution >= 4 is 23.5 Å². The molecule has 0 atom stereocenters. The molecule has 12 heavy (non-hydrogen) atoms. The van der Waals surface area contributed by atoms with Gasteiger partial charge in [0.05, 0.1) is 6.54 Å².